The van der Waals surface area contributed by atoms with Crippen molar-refractivity contribution in [2.75, 3.05) is 0 Å². The Kier molecular flexibility index (Phi) is 15.5. The fourth-order valence-corrected chi connectivity index (χ4v) is 7.11. The molecule has 14 heteroatoms. The normalized spacial score (nSPS) is 16.0. The van der Waals surface area contributed by atoms with Crippen molar-refractivity contribution in [1.82, 2.24) is 20.9 Å². The number of nitrogens with one attached hydrogen (secondary N) is 3. The molecule has 4 aromatic rings. The van der Waals surface area contributed by atoms with Crippen LogP contribution in [0.1, 0.15) is 54.0 Å². The van der Waals surface area contributed by atoms with Gasteiger partial charge in [-0.3, -0.25) is 24.0 Å². The number of phenols is 1. The first-order chi connectivity index (χ1) is 28.3. The van der Waals surface area contributed by atoms with Crippen molar-refractivity contribution in [2.45, 2.75) is 94.7 Å². The van der Waals surface area contributed by atoms with Crippen molar-refractivity contribution in [1.29, 1.82) is 0 Å². The maximum atomic E-state index is 14.4. The number of carbonyl (C=O) groups is 6. The predicted molar refractivity (Wildman–Crippen MR) is 220 cm³/mol. The van der Waals surface area contributed by atoms with Gasteiger partial charge in [0.15, 0.2) is 0 Å². The van der Waals surface area contributed by atoms with Crippen LogP contribution in [0.2, 0.25) is 0 Å². The maximum Gasteiger partial charge on any atom is 0.326 e. The molecule has 6 atom stereocenters. The van der Waals surface area contributed by atoms with E-state index in [1.165, 1.54) is 24.0 Å². The van der Waals surface area contributed by atoms with Gasteiger partial charge in [-0.2, -0.15) is 0 Å². The number of aliphatic carboxylic acids is 1. The Labute approximate surface area is 343 Å². The van der Waals surface area contributed by atoms with E-state index in [2.05, 4.69) is 16.0 Å². The van der Waals surface area contributed by atoms with Crippen LogP contribution in [-0.2, 0) is 61.0 Å². The molecule has 0 aromatic heterocycles. The molecule has 0 aliphatic carbocycles. The summed E-state index contributed by atoms with van der Waals surface area (Å²) >= 11 is 0. The number of phenolic OH excluding ortho intramolecular Hbond substituents is 1. The van der Waals surface area contributed by atoms with E-state index < -0.39 is 65.8 Å². The summed E-state index contributed by atoms with van der Waals surface area (Å²) in [5.41, 5.74) is 16.1. The number of nitrogens with two attached hydrogens (primary N) is 2. The van der Waals surface area contributed by atoms with Gasteiger partial charge in [-0.25, -0.2) is 4.79 Å². The van der Waals surface area contributed by atoms with Gasteiger partial charge < -0.3 is 42.5 Å². The molecule has 1 unspecified atom stereocenters. The van der Waals surface area contributed by atoms with Gasteiger partial charge in [-0.1, -0.05) is 97.1 Å². The molecular formula is C45H52N6O8. The van der Waals surface area contributed by atoms with Crippen LogP contribution in [0.4, 0.5) is 0 Å². The molecule has 0 radical (unpaired) electrons. The van der Waals surface area contributed by atoms with Gasteiger partial charge in [-0.05, 0) is 72.6 Å². The molecule has 59 heavy (non-hydrogen) atoms. The molecule has 310 valence electrons. The van der Waals surface area contributed by atoms with Gasteiger partial charge in [0.1, 0.15) is 35.7 Å². The fraction of sp³-hybridized carbons (Fsp3) is 0.333. The lowest BCUT2D eigenvalue weighted by Crippen LogP contribution is -2.61. The number of nitrogens with zero attached hydrogens (tertiary/aromatic N) is 1. The molecule has 1 aliphatic rings. The van der Waals surface area contributed by atoms with Gasteiger partial charge in [0.2, 0.25) is 23.6 Å². The molecule has 0 spiro atoms. The molecule has 0 saturated heterocycles. The third kappa shape index (κ3) is 12.6. The van der Waals surface area contributed by atoms with Gasteiger partial charge in [-0.15, -0.1) is 0 Å². The van der Waals surface area contributed by atoms with E-state index in [1.807, 2.05) is 30.3 Å². The summed E-state index contributed by atoms with van der Waals surface area (Å²) in [6, 6.07) is 25.1. The zero-order valence-electron chi connectivity index (χ0n) is 33.0. The lowest BCUT2D eigenvalue weighted by atomic mass is 9.92. The van der Waals surface area contributed by atoms with Crippen LogP contribution in [0.15, 0.2) is 109 Å². The zero-order chi connectivity index (χ0) is 42.5. The minimum atomic E-state index is -1.32. The summed E-state index contributed by atoms with van der Waals surface area (Å²) in [6.07, 6.45) is 0.845. The molecule has 1 heterocycles. The van der Waals surface area contributed by atoms with E-state index in [0.717, 1.165) is 16.7 Å². The zero-order valence-corrected chi connectivity index (χ0v) is 33.0. The number of aromatic hydroxyl groups is 1. The number of Topliss-reactive ketones (excluding diaryl/α,β-unsaturated/α-hetero) is 1. The van der Waals surface area contributed by atoms with Crippen molar-refractivity contribution in [3.63, 3.8) is 0 Å². The SMILES string of the molecule is CC(=O)C(N)CCC[C@H](NC(=O)[C@H](Cc1ccccc1)NC(=O)[C@H](Cc1ccccc1)NC(=O)[C@@H]1Cc2ccccc2CN1C(=O)[C@@H](N)Cc1ccc(O)cc1)C(=O)O. The Morgan fingerprint density at radius 3 is 1.71 bits per heavy atom. The highest BCUT2D eigenvalue weighted by atomic mass is 16.4. The molecule has 4 amide bonds. The number of benzene rings is 4. The van der Waals surface area contributed by atoms with E-state index >= 15 is 0 Å². The number of rotatable bonds is 19. The molecule has 4 aromatic carbocycles. The summed E-state index contributed by atoms with van der Waals surface area (Å²) < 4.78 is 0. The predicted octanol–water partition coefficient (Wildman–Crippen LogP) is 2.33. The Balaban J connectivity index is 1.39. The molecule has 1 aliphatic heterocycles. The Morgan fingerprint density at radius 1 is 0.644 bits per heavy atom. The largest absolute Gasteiger partial charge is 0.508 e. The summed E-state index contributed by atoms with van der Waals surface area (Å²) in [5, 5.41) is 27.9. The van der Waals surface area contributed by atoms with E-state index in [9.17, 15) is 39.0 Å². The van der Waals surface area contributed by atoms with Gasteiger partial charge in [0.25, 0.3) is 0 Å². The highest BCUT2D eigenvalue weighted by Crippen LogP contribution is 2.25. The van der Waals surface area contributed by atoms with Crippen LogP contribution in [0.25, 0.3) is 0 Å². The quantitative estimate of drug-likeness (QED) is 0.0731. The van der Waals surface area contributed by atoms with Crippen LogP contribution in [-0.4, -0.2) is 86.7 Å². The molecule has 14 nitrogen and oxygen atoms in total. The van der Waals surface area contributed by atoms with Crippen LogP contribution >= 0.6 is 0 Å². The van der Waals surface area contributed by atoms with Crippen LogP contribution in [0.3, 0.4) is 0 Å². The second-order valence-electron chi connectivity index (χ2n) is 15.0. The number of hydrogen-bond acceptors (Lipinski definition) is 9. The summed E-state index contributed by atoms with van der Waals surface area (Å²) in [6.45, 7) is 1.46. The van der Waals surface area contributed by atoms with E-state index in [4.69, 9.17) is 11.5 Å². The number of hydrogen-bond donors (Lipinski definition) is 7. The van der Waals surface area contributed by atoms with Crippen molar-refractivity contribution >= 4 is 35.4 Å². The highest BCUT2D eigenvalue weighted by molar-refractivity contribution is 5.96. The molecule has 0 saturated carbocycles. The van der Waals surface area contributed by atoms with Crippen molar-refractivity contribution in [3.05, 3.63) is 137 Å². The second kappa shape index (κ2) is 20.9. The third-order valence-electron chi connectivity index (χ3n) is 10.5. The van der Waals surface area contributed by atoms with Crippen molar-refractivity contribution in [2.24, 2.45) is 11.5 Å². The molecular weight excluding hydrogens is 753 g/mol. The number of carboxylic acids is 1. The van der Waals surface area contributed by atoms with Gasteiger partial charge in [0, 0.05) is 25.8 Å². The van der Waals surface area contributed by atoms with Crippen LogP contribution in [0, 0.1) is 0 Å². The fourth-order valence-electron chi connectivity index (χ4n) is 7.11. The van der Waals surface area contributed by atoms with Crippen LogP contribution < -0.4 is 27.4 Å². The van der Waals surface area contributed by atoms with Crippen LogP contribution in [0.5, 0.6) is 5.75 Å². The number of carbonyl (C=O) groups excluding carboxylic acids is 5. The Bertz CT molecular complexity index is 2080. The van der Waals surface area contributed by atoms with Gasteiger partial charge >= 0.3 is 5.97 Å². The first-order valence-corrected chi connectivity index (χ1v) is 19.7. The standard InChI is InChI=1S/C45H52N6O8/c1-28(52)35(46)17-10-18-37(45(58)59)48-41(54)38(24-29-11-4-2-5-12-29)49-42(55)39(25-30-13-6-3-7-14-30)50-43(56)40-26-32-15-8-9-16-33(32)27-51(40)44(57)36(47)23-31-19-21-34(53)22-20-31/h2-9,11-16,19-22,35-40,53H,10,17-18,23-27,46-47H2,1H3,(H,48,54)(H,49,55)(H,50,56)(H,58,59)/t35?,36-,37-,38-,39-,40-/m0/s1. The van der Waals surface area contributed by atoms with E-state index in [1.54, 1.807) is 66.7 Å². The van der Waals surface area contributed by atoms with Crippen molar-refractivity contribution in [3.8, 4) is 5.75 Å². The number of ketones is 1. The molecule has 0 bridgehead atoms. The topological polar surface area (TPSA) is 234 Å². The van der Waals surface area contributed by atoms with E-state index in [-0.39, 0.29) is 63.0 Å². The number of amides is 4. The third-order valence-corrected chi connectivity index (χ3v) is 10.5. The summed E-state index contributed by atoms with van der Waals surface area (Å²) in [4.78, 5) is 82.0. The average molecular weight is 805 g/mol. The second-order valence-corrected chi connectivity index (χ2v) is 15.0. The minimum absolute atomic E-state index is 0.000913. The summed E-state index contributed by atoms with van der Waals surface area (Å²) in [5.74, 6) is -3.96. The number of carboxylic acid groups (broad SMARTS) is 1. The Morgan fingerprint density at radius 2 is 1.15 bits per heavy atom. The van der Waals surface area contributed by atoms with E-state index in [0.29, 0.717) is 11.1 Å². The van der Waals surface area contributed by atoms with Gasteiger partial charge in [0.05, 0.1) is 12.1 Å². The first-order valence-electron chi connectivity index (χ1n) is 19.7. The summed E-state index contributed by atoms with van der Waals surface area (Å²) in [7, 11) is 0. The molecule has 9 N–H and O–H groups in total. The first kappa shape index (κ1) is 43.7. The minimum Gasteiger partial charge on any atom is -0.508 e. The average Bonchev–Trinajstić information content (AvgIpc) is 3.23. The molecule has 0 fully saturated rings. The lowest BCUT2D eigenvalue weighted by Gasteiger charge is -2.38. The smallest absolute Gasteiger partial charge is 0.326 e. The maximum absolute atomic E-state index is 14.4. The number of fused-ring (bicyclic) bond motifs is 1. The lowest BCUT2D eigenvalue weighted by molar-refractivity contribution is -0.143. The monoisotopic (exact) mass is 804 g/mol. The Hall–Kier alpha value is -6.38. The van der Waals surface area contributed by atoms with Crippen molar-refractivity contribution < 1.29 is 39.0 Å². The highest BCUT2D eigenvalue weighted by Gasteiger charge is 2.38. The molecule has 5 rings (SSSR count).